The molecule has 0 aromatic heterocycles. The van der Waals surface area contributed by atoms with Crippen molar-refractivity contribution in [3.8, 4) is 23.0 Å². The van der Waals surface area contributed by atoms with Crippen LogP contribution in [-0.4, -0.2) is 37.7 Å². The van der Waals surface area contributed by atoms with Crippen LogP contribution in [-0.2, 0) is 9.59 Å². The van der Waals surface area contributed by atoms with E-state index in [4.69, 9.17) is 14.2 Å². The summed E-state index contributed by atoms with van der Waals surface area (Å²) in [6.07, 6.45) is 1.56. The first-order valence-electron chi connectivity index (χ1n) is 14.9. The average Bonchev–Trinajstić information content (AvgIpc) is 3.12. The molecule has 0 unspecified atom stereocenters. The molecule has 5 aromatic carbocycles. The number of amides is 3. The SMILES string of the molecule is COc1ccc(/C=C(/NC(=O)c2ccccc2)C(=O)Nc2cccc(SCC(=O)Nc3ccc(Oc4ccccc4)cc3)c2)cc1OC. The Hall–Kier alpha value is -6.00. The monoisotopic (exact) mass is 659 g/mol. The van der Waals surface area contributed by atoms with Crippen LogP contribution < -0.4 is 30.2 Å². The lowest BCUT2D eigenvalue weighted by molar-refractivity contribution is -0.114. The number of carbonyl (C=O) groups is 3. The molecule has 0 radical (unpaired) electrons. The van der Waals surface area contributed by atoms with Crippen molar-refractivity contribution in [1.82, 2.24) is 5.32 Å². The highest BCUT2D eigenvalue weighted by Gasteiger charge is 2.16. The summed E-state index contributed by atoms with van der Waals surface area (Å²) in [4.78, 5) is 40.0. The summed E-state index contributed by atoms with van der Waals surface area (Å²) in [5, 5.41) is 8.48. The summed E-state index contributed by atoms with van der Waals surface area (Å²) in [6.45, 7) is 0. The van der Waals surface area contributed by atoms with Crippen LogP contribution >= 0.6 is 11.8 Å². The molecule has 0 saturated heterocycles. The van der Waals surface area contributed by atoms with Gasteiger partial charge < -0.3 is 30.2 Å². The first kappa shape index (κ1) is 33.4. The predicted molar refractivity (Wildman–Crippen MR) is 189 cm³/mol. The molecule has 0 aliphatic heterocycles. The first-order valence-corrected chi connectivity index (χ1v) is 15.9. The number of ether oxygens (including phenoxy) is 3. The minimum Gasteiger partial charge on any atom is -0.493 e. The van der Waals surface area contributed by atoms with Crippen LogP contribution in [0.2, 0.25) is 0 Å². The highest BCUT2D eigenvalue weighted by atomic mass is 32.2. The minimum absolute atomic E-state index is 0.0219. The van der Waals surface area contributed by atoms with E-state index in [2.05, 4.69) is 16.0 Å². The van der Waals surface area contributed by atoms with Gasteiger partial charge in [0, 0.05) is 21.8 Å². The Labute approximate surface area is 282 Å². The molecule has 0 aliphatic rings. The first-order chi connectivity index (χ1) is 23.4. The number of para-hydroxylation sites is 1. The molecule has 5 aromatic rings. The topological polar surface area (TPSA) is 115 Å². The average molecular weight is 660 g/mol. The normalized spacial score (nSPS) is 10.8. The fourth-order valence-electron chi connectivity index (χ4n) is 4.49. The van der Waals surface area contributed by atoms with Gasteiger partial charge in [-0.05, 0) is 90.5 Å². The van der Waals surface area contributed by atoms with Gasteiger partial charge in [0.15, 0.2) is 11.5 Å². The standard InChI is InChI=1S/C38H33N3O6S/c1-45-34-21-16-26(23-35(34)46-2)22-33(41-37(43)27-10-5-3-6-11-27)38(44)40-29-12-9-15-32(24-29)48-25-36(42)39-28-17-19-31(20-18-28)47-30-13-7-4-8-14-30/h3-24H,25H2,1-2H3,(H,39,42)(H,40,44)(H,41,43)/b33-22+. The van der Waals surface area contributed by atoms with Gasteiger partial charge in [-0.2, -0.15) is 0 Å². The smallest absolute Gasteiger partial charge is 0.272 e. The van der Waals surface area contributed by atoms with E-state index in [1.54, 1.807) is 97.1 Å². The number of hydrogen-bond acceptors (Lipinski definition) is 7. The Bertz CT molecular complexity index is 1900. The summed E-state index contributed by atoms with van der Waals surface area (Å²) in [5.41, 5.74) is 2.17. The molecule has 242 valence electrons. The maximum Gasteiger partial charge on any atom is 0.272 e. The number of anilines is 2. The lowest BCUT2D eigenvalue weighted by Crippen LogP contribution is -2.30. The molecule has 5 rings (SSSR count). The second-order valence-corrected chi connectivity index (χ2v) is 11.3. The molecule has 0 fully saturated rings. The second-order valence-electron chi connectivity index (χ2n) is 10.3. The lowest BCUT2D eigenvalue weighted by atomic mass is 10.1. The van der Waals surface area contributed by atoms with Gasteiger partial charge in [-0.1, -0.05) is 48.5 Å². The predicted octanol–water partition coefficient (Wildman–Crippen LogP) is 7.64. The van der Waals surface area contributed by atoms with E-state index in [0.29, 0.717) is 39.8 Å². The molecular formula is C38H33N3O6S. The molecule has 0 saturated carbocycles. The molecule has 9 nitrogen and oxygen atoms in total. The molecule has 3 N–H and O–H groups in total. The van der Waals surface area contributed by atoms with Gasteiger partial charge in [-0.15, -0.1) is 11.8 Å². The highest BCUT2D eigenvalue weighted by Crippen LogP contribution is 2.29. The van der Waals surface area contributed by atoms with Gasteiger partial charge >= 0.3 is 0 Å². The summed E-state index contributed by atoms with van der Waals surface area (Å²) in [5.74, 6) is 1.39. The summed E-state index contributed by atoms with van der Waals surface area (Å²) >= 11 is 1.32. The number of hydrogen-bond donors (Lipinski definition) is 3. The van der Waals surface area contributed by atoms with Crippen LogP contribution in [0.4, 0.5) is 11.4 Å². The maximum absolute atomic E-state index is 13.5. The van der Waals surface area contributed by atoms with E-state index < -0.39 is 11.8 Å². The number of benzene rings is 5. The second kappa shape index (κ2) is 16.5. The van der Waals surface area contributed by atoms with Gasteiger partial charge in [0.1, 0.15) is 17.2 Å². The molecular weight excluding hydrogens is 627 g/mol. The Morgan fingerprint density at radius 3 is 2.06 bits per heavy atom. The third-order valence-corrected chi connectivity index (χ3v) is 7.82. The number of nitrogens with one attached hydrogen (secondary N) is 3. The third-order valence-electron chi connectivity index (χ3n) is 6.83. The third kappa shape index (κ3) is 9.51. The van der Waals surface area contributed by atoms with Crippen molar-refractivity contribution < 1.29 is 28.6 Å². The zero-order chi connectivity index (χ0) is 33.7. The van der Waals surface area contributed by atoms with Crippen molar-refractivity contribution in [2.24, 2.45) is 0 Å². The van der Waals surface area contributed by atoms with Crippen LogP contribution in [0.25, 0.3) is 6.08 Å². The van der Waals surface area contributed by atoms with Crippen molar-refractivity contribution in [2.75, 3.05) is 30.6 Å². The molecule has 0 atom stereocenters. The zero-order valence-electron chi connectivity index (χ0n) is 26.3. The van der Waals surface area contributed by atoms with Gasteiger partial charge in [0.2, 0.25) is 5.91 Å². The van der Waals surface area contributed by atoms with E-state index in [0.717, 1.165) is 10.6 Å². The fourth-order valence-corrected chi connectivity index (χ4v) is 5.25. The molecule has 0 bridgehead atoms. The number of carbonyl (C=O) groups excluding carboxylic acids is 3. The van der Waals surface area contributed by atoms with Crippen molar-refractivity contribution in [3.63, 3.8) is 0 Å². The maximum atomic E-state index is 13.5. The Kier molecular flexibility index (Phi) is 11.5. The van der Waals surface area contributed by atoms with Crippen LogP contribution in [0.5, 0.6) is 23.0 Å². The lowest BCUT2D eigenvalue weighted by Gasteiger charge is -2.13. The van der Waals surface area contributed by atoms with E-state index >= 15 is 0 Å². The van der Waals surface area contributed by atoms with E-state index in [9.17, 15) is 14.4 Å². The summed E-state index contributed by atoms with van der Waals surface area (Å²) < 4.78 is 16.5. The van der Waals surface area contributed by atoms with E-state index in [1.807, 2.05) is 36.4 Å². The van der Waals surface area contributed by atoms with Crippen molar-refractivity contribution in [1.29, 1.82) is 0 Å². The molecule has 10 heteroatoms. The molecule has 0 spiro atoms. The van der Waals surface area contributed by atoms with Crippen molar-refractivity contribution >= 4 is 46.9 Å². The molecule has 0 heterocycles. The summed E-state index contributed by atoms with van der Waals surface area (Å²) in [7, 11) is 3.05. The van der Waals surface area contributed by atoms with E-state index in [1.165, 1.54) is 26.0 Å². The molecule has 48 heavy (non-hydrogen) atoms. The van der Waals surface area contributed by atoms with Crippen LogP contribution in [0.1, 0.15) is 15.9 Å². The van der Waals surface area contributed by atoms with Gasteiger partial charge in [0.05, 0.1) is 20.0 Å². The Morgan fingerprint density at radius 1 is 0.667 bits per heavy atom. The highest BCUT2D eigenvalue weighted by molar-refractivity contribution is 8.00. The largest absolute Gasteiger partial charge is 0.493 e. The van der Waals surface area contributed by atoms with Gasteiger partial charge in [-0.25, -0.2) is 0 Å². The Balaban J connectivity index is 1.23. The van der Waals surface area contributed by atoms with Crippen LogP contribution in [0, 0.1) is 0 Å². The van der Waals surface area contributed by atoms with Gasteiger partial charge in [-0.3, -0.25) is 14.4 Å². The quantitative estimate of drug-likeness (QED) is 0.0879. The fraction of sp³-hybridized carbons (Fsp3) is 0.0789. The van der Waals surface area contributed by atoms with Crippen molar-refractivity contribution in [3.05, 3.63) is 144 Å². The summed E-state index contributed by atoms with van der Waals surface area (Å²) in [6, 6.07) is 37.5. The molecule has 0 aliphatic carbocycles. The molecule has 3 amide bonds. The minimum atomic E-state index is -0.534. The van der Waals surface area contributed by atoms with Crippen LogP contribution in [0.15, 0.2) is 138 Å². The zero-order valence-corrected chi connectivity index (χ0v) is 27.1. The van der Waals surface area contributed by atoms with Crippen molar-refractivity contribution in [2.45, 2.75) is 4.90 Å². The Morgan fingerprint density at radius 2 is 1.35 bits per heavy atom. The number of methoxy groups -OCH3 is 2. The van der Waals surface area contributed by atoms with Gasteiger partial charge in [0.25, 0.3) is 11.8 Å². The number of rotatable bonds is 13. The van der Waals surface area contributed by atoms with Crippen LogP contribution in [0.3, 0.4) is 0 Å². The number of thioether (sulfide) groups is 1. The van der Waals surface area contributed by atoms with E-state index in [-0.39, 0.29) is 17.4 Å².